The Kier molecular flexibility index (Phi) is 2.98. The first kappa shape index (κ1) is 12.4. The summed E-state index contributed by atoms with van der Waals surface area (Å²) in [5.74, 6) is 0. The van der Waals surface area contributed by atoms with Crippen LogP contribution in [0, 0.1) is 0 Å². The lowest BCUT2D eigenvalue weighted by molar-refractivity contribution is 0.0948. The molecule has 2 rings (SSSR count). The van der Waals surface area contributed by atoms with Crippen LogP contribution in [0.15, 0.2) is 30.6 Å². The fraction of sp³-hybridized carbons (Fsp3) is 0.385. The van der Waals surface area contributed by atoms with E-state index in [1.165, 1.54) is 4.90 Å². The molecule has 0 spiro atoms. The van der Waals surface area contributed by atoms with Gasteiger partial charge in [0.05, 0.1) is 12.2 Å². The van der Waals surface area contributed by atoms with Gasteiger partial charge in [0, 0.05) is 17.9 Å². The molecular formula is C13H17N3O2. The molecule has 2 aromatic heterocycles. The number of aromatic nitrogens is 2. The maximum atomic E-state index is 11.3. The summed E-state index contributed by atoms with van der Waals surface area (Å²) in [6.07, 6.45) is 2.82. The number of carboxylic acid groups (broad SMARTS) is 1. The Balaban J connectivity index is 2.29. The second-order valence-corrected chi connectivity index (χ2v) is 5.24. The molecule has 0 atom stereocenters. The molecule has 0 radical (unpaired) electrons. The predicted octanol–water partition coefficient (Wildman–Crippen LogP) is 2.61. The van der Waals surface area contributed by atoms with Crippen molar-refractivity contribution in [3.8, 4) is 0 Å². The van der Waals surface area contributed by atoms with Gasteiger partial charge in [-0.05, 0) is 32.9 Å². The van der Waals surface area contributed by atoms with E-state index in [0.717, 1.165) is 11.3 Å². The molecule has 0 unspecified atom stereocenters. The standard InChI is InChI=1S/C13H17N3O2/c1-13(2,3)16(12(17)18)9-10-8-15-7-5-4-6-11(15)14-10/h4-8H,9H2,1-3H3,(H,17,18). The lowest BCUT2D eigenvalue weighted by atomic mass is 10.1. The fourth-order valence-corrected chi connectivity index (χ4v) is 1.82. The van der Waals surface area contributed by atoms with Gasteiger partial charge in [0.15, 0.2) is 0 Å². The molecule has 0 fully saturated rings. The topological polar surface area (TPSA) is 57.8 Å². The van der Waals surface area contributed by atoms with E-state index in [0.29, 0.717) is 6.54 Å². The number of carbonyl (C=O) groups is 1. The molecular weight excluding hydrogens is 230 g/mol. The van der Waals surface area contributed by atoms with Gasteiger partial charge >= 0.3 is 6.09 Å². The molecule has 96 valence electrons. The van der Waals surface area contributed by atoms with E-state index >= 15 is 0 Å². The molecule has 2 heterocycles. The van der Waals surface area contributed by atoms with Crippen LogP contribution in [0.2, 0.25) is 0 Å². The third kappa shape index (κ3) is 2.45. The average Bonchev–Trinajstić information content (AvgIpc) is 2.66. The second kappa shape index (κ2) is 4.33. The summed E-state index contributed by atoms with van der Waals surface area (Å²) in [5.41, 5.74) is 1.13. The quantitative estimate of drug-likeness (QED) is 0.887. The van der Waals surface area contributed by atoms with Gasteiger partial charge in [-0.25, -0.2) is 9.78 Å². The average molecular weight is 247 g/mol. The van der Waals surface area contributed by atoms with Crippen molar-refractivity contribution < 1.29 is 9.90 Å². The minimum absolute atomic E-state index is 0.292. The van der Waals surface area contributed by atoms with E-state index in [2.05, 4.69) is 4.98 Å². The summed E-state index contributed by atoms with van der Waals surface area (Å²) < 4.78 is 1.89. The van der Waals surface area contributed by atoms with Crippen LogP contribution in [-0.2, 0) is 6.54 Å². The summed E-state index contributed by atoms with van der Waals surface area (Å²) in [4.78, 5) is 17.0. The largest absolute Gasteiger partial charge is 0.465 e. The van der Waals surface area contributed by atoms with Crippen molar-refractivity contribution in [2.45, 2.75) is 32.9 Å². The maximum Gasteiger partial charge on any atom is 0.408 e. The van der Waals surface area contributed by atoms with Crippen LogP contribution in [0.3, 0.4) is 0 Å². The van der Waals surface area contributed by atoms with E-state index in [-0.39, 0.29) is 0 Å². The fourth-order valence-electron chi connectivity index (χ4n) is 1.82. The van der Waals surface area contributed by atoms with Gasteiger partial charge in [-0.3, -0.25) is 4.90 Å². The number of fused-ring (bicyclic) bond motifs is 1. The first-order valence-electron chi connectivity index (χ1n) is 5.81. The predicted molar refractivity (Wildman–Crippen MR) is 68.5 cm³/mol. The number of amides is 1. The molecule has 18 heavy (non-hydrogen) atoms. The third-order valence-corrected chi connectivity index (χ3v) is 2.77. The number of imidazole rings is 1. The molecule has 2 aromatic rings. The summed E-state index contributed by atoms with van der Waals surface area (Å²) >= 11 is 0. The van der Waals surface area contributed by atoms with E-state index in [1.807, 2.05) is 55.8 Å². The summed E-state index contributed by atoms with van der Waals surface area (Å²) in [5, 5.41) is 9.24. The minimum atomic E-state index is -0.931. The number of rotatable bonds is 2. The Bertz CT molecular complexity index is 536. The Labute approximate surface area is 106 Å². The Hall–Kier alpha value is -2.04. The van der Waals surface area contributed by atoms with E-state index < -0.39 is 11.6 Å². The summed E-state index contributed by atoms with van der Waals surface area (Å²) in [7, 11) is 0. The van der Waals surface area contributed by atoms with Crippen LogP contribution in [0.1, 0.15) is 26.5 Å². The summed E-state index contributed by atoms with van der Waals surface area (Å²) in [6.45, 7) is 5.91. The molecule has 5 nitrogen and oxygen atoms in total. The molecule has 0 bridgehead atoms. The van der Waals surface area contributed by atoms with Crippen molar-refractivity contribution in [2.75, 3.05) is 0 Å². The zero-order chi connectivity index (χ0) is 13.3. The minimum Gasteiger partial charge on any atom is -0.465 e. The Morgan fingerprint density at radius 3 is 2.72 bits per heavy atom. The zero-order valence-corrected chi connectivity index (χ0v) is 10.8. The Morgan fingerprint density at radius 1 is 1.44 bits per heavy atom. The van der Waals surface area contributed by atoms with Crippen LogP contribution in [-0.4, -0.2) is 31.0 Å². The molecule has 0 aliphatic carbocycles. The van der Waals surface area contributed by atoms with Crippen LogP contribution in [0.25, 0.3) is 5.65 Å². The monoisotopic (exact) mass is 247 g/mol. The van der Waals surface area contributed by atoms with Crippen LogP contribution in [0.5, 0.6) is 0 Å². The molecule has 0 saturated carbocycles. The van der Waals surface area contributed by atoms with E-state index in [1.54, 1.807) is 0 Å². The van der Waals surface area contributed by atoms with Crippen molar-refractivity contribution in [1.29, 1.82) is 0 Å². The SMILES string of the molecule is CC(C)(C)N(Cc1cn2ccccc2n1)C(=O)O. The van der Waals surface area contributed by atoms with E-state index in [4.69, 9.17) is 0 Å². The first-order chi connectivity index (χ1) is 8.38. The molecule has 0 saturated heterocycles. The lowest BCUT2D eigenvalue weighted by Crippen LogP contribution is -2.44. The number of hydrogen-bond donors (Lipinski definition) is 1. The molecule has 0 aromatic carbocycles. The van der Waals surface area contributed by atoms with E-state index in [9.17, 15) is 9.90 Å². The highest BCUT2D eigenvalue weighted by molar-refractivity contribution is 5.66. The van der Waals surface area contributed by atoms with Crippen molar-refractivity contribution >= 4 is 11.7 Å². The van der Waals surface area contributed by atoms with Gasteiger partial charge < -0.3 is 9.51 Å². The molecule has 5 heteroatoms. The van der Waals surface area contributed by atoms with Crippen molar-refractivity contribution in [3.63, 3.8) is 0 Å². The highest BCUT2D eigenvalue weighted by atomic mass is 16.4. The molecule has 1 N–H and O–H groups in total. The van der Waals surface area contributed by atoms with Crippen molar-refractivity contribution in [3.05, 3.63) is 36.3 Å². The highest BCUT2D eigenvalue weighted by Crippen LogP contribution is 2.17. The number of hydrogen-bond acceptors (Lipinski definition) is 2. The number of nitrogens with zero attached hydrogens (tertiary/aromatic N) is 3. The first-order valence-corrected chi connectivity index (χ1v) is 5.81. The molecule has 1 amide bonds. The van der Waals surface area contributed by atoms with Gasteiger partial charge in [-0.15, -0.1) is 0 Å². The summed E-state index contributed by atoms with van der Waals surface area (Å²) in [6, 6.07) is 5.72. The molecule has 0 aliphatic rings. The van der Waals surface area contributed by atoms with Crippen LogP contribution in [0.4, 0.5) is 4.79 Å². The normalized spacial score (nSPS) is 11.7. The lowest BCUT2D eigenvalue weighted by Gasteiger charge is -2.32. The van der Waals surface area contributed by atoms with Gasteiger partial charge in [0.2, 0.25) is 0 Å². The number of pyridine rings is 1. The van der Waals surface area contributed by atoms with Gasteiger partial charge in [-0.1, -0.05) is 6.07 Å². The van der Waals surface area contributed by atoms with Crippen LogP contribution >= 0.6 is 0 Å². The van der Waals surface area contributed by atoms with Gasteiger partial charge in [-0.2, -0.15) is 0 Å². The molecule has 0 aliphatic heterocycles. The maximum absolute atomic E-state index is 11.3. The Morgan fingerprint density at radius 2 is 2.17 bits per heavy atom. The second-order valence-electron chi connectivity index (χ2n) is 5.24. The zero-order valence-electron chi connectivity index (χ0n) is 10.8. The highest BCUT2D eigenvalue weighted by Gasteiger charge is 2.26. The van der Waals surface area contributed by atoms with Crippen molar-refractivity contribution in [1.82, 2.24) is 14.3 Å². The van der Waals surface area contributed by atoms with Crippen LogP contribution < -0.4 is 0 Å². The van der Waals surface area contributed by atoms with Crippen molar-refractivity contribution in [2.24, 2.45) is 0 Å². The van der Waals surface area contributed by atoms with Gasteiger partial charge in [0.1, 0.15) is 5.65 Å². The van der Waals surface area contributed by atoms with Gasteiger partial charge in [0.25, 0.3) is 0 Å². The third-order valence-electron chi connectivity index (χ3n) is 2.77. The smallest absolute Gasteiger partial charge is 0.408 e.